The number of carbonyl (C=O) groups is 1. The molecule has 30 heavy (non-hydrogen) atoms. The van der Waals surface area contributed by atoms with Crippen molar-refractivity contribution >= 4 is 50.6 Å². The Kier molecular flexibility index (Phi) is 4.36. The molecule has 1 aromatic heterocycles. The van der Waals surface area contributed by atoms with Crippen LogP contribution in [0.4, 0.5) is 11.4 Å². The van der Waals surface area contributed by atoms with Crippen LogP contribution >= 0.6 is 11.6 Å². The van der Waals surface area contributed by atoms with Crippen LogP contribution in [0, 0.1) is 0 Å². The summed E-state index contributed by atoms with van der Waals surface area (Å²) < 4.78 is 0. The molecule has 1 atom stereocenters. The van der Waals surface area contributed by atoms with E-state index in [9.17, 15) is 9.90 Å². The number of fused-ring (bicyclic) bond motifs is 4. The van der Waals surface area contributed by atoms with Gasteiger partial charge in [-0.15, -0.1) is 11.6 Å². The van der Waals surface area contributed by atoms with Crippen LogP contribution in [0.15, 0.2) is 54.6 Å². The largest absolute Gasteiger partial charge is 0.507 e. The number of aromatic nitrogens is 1. The molecule has 1 unspecified atom stereocenters. The highest BCUT2D eigenvalue weighted by Gasteiger charge is 2.35. The third-order valence-corrected chi connectivity index (χ3v) is 6.30. The molecule has 1 amide bonds. The van der Waals surface area contributed by atoms with Crippen LogP contribution in [0.5, 0.6) is 5.75 Å². The number of aromatic amines is 1. The molecule has 1 aliphatic heterocycles. The monoisotopic (exact) mass is 419 g/mol. The molecule has 3 aromatic carbocycles. The number of phenols is 1. The Balaban J connectivity index is 1.61. The van der Waals surface area contributed by atoms with Crippen LogP contribution in [0.1, 0.15) is 22.0 Å². The Morgan fingerprint density at radius 2 is 1.93 bits per heavy atom. The van der Waals surface area contributed by atoms with Gasteiger partial charge in [-0.1, -0.05) is 24.3 Å². The van der Waals surface area contributed by atoms with Crippen molar-refractivity contribution < 1.29 is 9.90 Å². The van der Waals surface area contributed by atoms with Gasteiger partial charge >= 0.3 is 0 Å². The standard InChI is InChI=1S/C24H22ClN3O2/c1-27(2)16-7-8-19-14(9-16)10-20(26-19)24(30)28-13-15(12-25)23-18-6-4-3-5-17(18)22(29)11-21(23)28/h3-11,15,26,29H,12-13H2,1-2H3. The van der Waals surface area contributed by atoms with Crippen LogP contribution < -0.4 is 9.80 Å². The van der Waals surface area contributed by atoms with Crippen molar-refractivity contribution in [2.75, 3.05) is 36.3 Å². The summed E-state index contributed by atoms with van der Waals surface area (Å²) in [7, 11) is 3.98. The van der Waals surface area contributed by atoms with Gasteiger partial charge in [0.15, 0.2) is 0 Å². The average Bonchev–Trinajstić information content (AvgIpc) is 3.34. The number of H-pyrrole nitrogens is 1. The summed E-state index contributed by atoms with van der Waals surface area (Å²) in [5.41, 5.74) is 4.27. The number of aromatic hydroxyl groups is 1. The minimum absolute atomic E-state index is 0.0147. The highest BCUT2D eigenvalue weighted by Crippen LogP contribution is 2.45. The maximum absolute atomic E-state index is 13.5. The molecular formula is C24H22ClN3O2. The predicted molar refractivity (Wildman–Crippen MR) is 123 cm³/mol. The van der Waals surface area contributed by atoms with E-state index in [1.807, 2.05) is 61.5 Å². The minimum Gasteiger partial charge on any atom is -0.507 e. The molecule has 6 heteroatoms. The SMILES string of the molecule is CN(C)c1ccc2[nH]c(C(=O)N3CC(CCl)c4c3cc(O)c3ccccc43)cc2c1. The third-order valence-electron chi connectivity index (χ3n) is 5.93. The molecule has 0 fully saturated rings. The number of alkyl halides is 1. The number of nitrogens with zero attached hydrogens (tertiary/aromatic N) is 2. The first-order valence-electron chi connectivity index (χ1n) is 9.90. The van der Waals surface area contributed by atoms with Crippen molar-refractivity contribution in [3.8, 4) is 5.75 Å². The zero-order valence-corrected chi connectivity index (χ0v) is 17.6. The summed E-state index contributed by atoms with van der Waals surface area (Å²) in [6.07, 6.45) is 0. The summed E-state index contributed by atoms with van der Waals surface area (Å²) in [5.74, 6) is 0.469. The van der Waals surface area contributed by atoms with E-state index < -0.39 is 0 Å². The maximum Gasteiger partial charge on any atom is 0.274 e. The van der Waals surface area contributed by atoms with Gasteiger partial charge in [0, 0.05) is 60.5 Å². The highest BCUT2D eigenvalue weighted by molar-refractivity contribution is 6.19. The number of carbonyl (C=O) groups excluding carboxylic acids is 1. The Labute approximate surface area is 179 Å². The van der Waals surface area contributed by atoms with Crippen molar-refractivity contribution in [3.05, 3.63) is 65.9 Å². The van der Waals surface area contributed by atoms with Crippen LogP contribution in [0.3, 0.4) is 0 Å². The summed E-state index contributed by atoms with van der Waals surface area (Å²) in [4.78, 5) is 20.5. The van der Waals surface area contributed by atoms with Gasteiger partial charge < -0.3 is 19.9 Å². The van der Waals surface area contributed by atoms with Gasteiger partial charge in [-0.25, -0.2) is 0 Å². The number of hydrogen-bond donors (Lipinski definition) is 2. The van der Waals surface area contributed by atoms with E-state index in [1.165, 1.54) is 0 Å². The highest BCUT2D eigenvalue weighted by atomic mass is 35.5. The van der Waals surface area contributed by atoms with Crippen molar-refractivity contribution in [3.63, 3.8) is 0 Å². The quantitative estimate of drug-likeness (QED) is 0.455. The first-order valence-corrected chi connectivity index (χ1v) is 10.4. The van der Waals surface area contributed by atoms with E-state index in [0.717, 1.165) is 38.6 Å². The molecule has 0 aliphatic carbocycles. The smallest absolute Gasteiger partial charge is 0.274 e. The van der Waals surface area contributed by atoms with Crippen LogP contribution in [-0.4, -0.2) is 42.5 Å². The summed E-state index contributed by atoms with van der Waals surface area (Å²) in [5, 5.41) is 13.3. The first-order chi connectivity index (χ1) is 14.5. The van der Waals surface area contributed by atoms with Gasteiger partial charge in [-0.3, -0.25) is 4.79 Å². The van der Waals surface area contributed by atoms with Gasteiger partial charge in [0.25, 0.3) is 5.91 Å². The molecule has 5 rings (SSSR count). The fourth-order valence-corrected chi connectivity index (χ4v) is 4.66. The number of phenolic OH excluding ortho intramolecular Hbond substituents is 1. The van der Waals surface area contributed by atoms with E-state index in [1.54, 1.807) is 11.0 Å². The van der Waals surface area contributed by atoms with Crippen LogP contribution in [0.2, 0.25) is 0 Å². The molecule has 0 radical (unpaired) electrons. The fraction of sp³-hybridized carbons (Fsp3) is 0.208. The zero-order valence-electron chi connectivity index (χ0n) is 16.8. The minimum atomic E-state index is -0.124. The van der Waals surface area contributed by atoms with Gasteiger partial charge in [0.1, 0.15) is 11.4 Å². The van der Waals surface area contributed by atoms with Crippen molar-refractivity contribution in [1.82, 2.24) is 4.98 Å². The van der Waals surface area contributed by atoms with E-state index in [2.05, 4.69) is 11.1 Å². The Hall–Kier alpha value is -3.18. The zero-order chi connectivity index (χ0) is 21.0. The first kappa shape index (κ1) is 18.8. The molecule has 0 saturated carbocycles. The molecule has 4 aromatic rings. The molecule has 2 heterocycles. The molecule has 2 N–H and O–H groups in total. The number of halogens is 1. The molecule has 0 bridgehead atoms. The van der Waals surface area contributed by atoms with Crippen LogP contribution in [-0.2, 0) is 0 Å². The third kappa shape index (κ3) is 2.81. The van der Waals surface area contributed by atoms with Gasteiger partial charge in [0.05, 0.1) is 5.69 Å². The predicted octanol–water partition coefficient (Wildman–Crippen LogP) is 5.08. The lowest BCUT2D eigenvalue weighted by Gasteiger charge is -2.17. The second-order valence-corrected chi connectivity index (χ2v) is 8.30. The Bertz CT molecular complexity index is 1290. The molecule has 0 spiro atoms. The number of nitrogens with one attached hydrogen (secondary N) is 1. The van der Waals surface area contributed by atoms with Crippen molar-refractivity contribution in [1.29, 1.82) is 0 Å². The fourth-order valence-electron chi connectivity index (χ4n) is 4.40. The van der Waals surface area contributed by atoms with Crippen molar-refractivity contribution in [2.24, 2.45) is 0 Å². The number of benzene rings is 3. The number of amides is 1. The lowest BCUT2D eigenvalue weighted by atomic mass is 9.95. The second kappa shape index (κ2) is 6.96. The summed E-state index contributed by atoms with van der Waals surface area (Å²) >= 11 is 6.29. The van der Waals surface area contributed by atoms with Crippen LogP contribution in [0.25, 0.3) is 21.7 Å². The molecule has 5 nitrogen and oxygen atoms in total. The Morgan fingerprint density at radius 3 is 2.67 bits per heavy atom. The van der Waals surface area contributed by atoms with E-state index in [-0.39, 0.29) is 17.6 Å². The topological polar surface area (TPSA) is 59.6 Å². The summed E-state index contributed by atoms with van der Waals surface area (Å²) in [6.45, 7) is 0.490. The maximum atomic E-state index is 13.5. The number of hydrogen-bond acceptors (Lipinski definition) is 3. The second-order valence-electron chi connectivity index (χ2n) is 7.99. The van der Waals surface area contributed by atoms with E-state index in [4.69, 9.17) is 11.6 Å². The van der Waals surface area contributed by atoms with Gasteiger partial charge in [0.2, 0.25) is 0 Å². The Morgan fingerprint density at radius 1 is 1.17 bits per heavy atom. The normalized spacial score (nSPS) is 15.7. The molecule has 0 saturated heterocycles. The van der Waals surface area contributed by atoms with E-state index in [0.29, 0.717) is 18.1 Å². The number of rotatable bonds is 3. The lowest BCUT2D eigenvalue weighted by Crippen LogP contribution is -2.30. The lowest BCUT2D eigenvalue weighted by molar-refractivity contribution is 0.0984. The molecule has 1 aliphatic rings. The molecular weight excluding hydrogens is 398 g/mol. The van der Waals surface area contributed by atoms with E-state index >= 15 is 0 Å². The molecule has 152 valence electrons. The van der Waals surface area contributed by atoms with Crippen molar-refractivity contribution in [2.45, 2.75) is 5.92 Å². The van der Waals surface area contributed by atoms with Gasteiger partial charge in [-0.05, 0) is 35.2 Å². The number of anilines is 2. The summed E-state index contributed by atoms with van der Waals surface area (Å²) in [6, 6.07) is 17.3. The average molecular weight is 420 g/mol. The van der Waals surface area contributed by atoms with Gasteiger partial charge in [-0.2, -0.15) is 0 Å².